The fourth-order valence-corrected chi connectivity index (χ4v) is 5.74. The Morgan fingerprint density at radius 3 is 1.49 bits per heavy atom. The average Bonchev–Trinajstić information content (AvgIpc) is 2.93. The van der Waals surface area contributed by atoms with Gasteiger partial charge < -0.3 is 41.7 Å². The Kier molecular flexibility index (Phi) is 24.3. The normalized spacial score (nSPS) is 13.4. The third kappa shape index (κ3) is 19.0. The van der Waals surface area contributed by atoms with Crippen molar-refractivity contribution in [2.75, 3.05) is 73.2 Å². The fourth-order valence-electron chi connectivity index (χ4n) is 3.26. The third-order valence-corrected chi connectivity index (χ3v) is 8.38. The summed E-state index contributed by atoms with van der Waals surface area (Å²) in [5.74, 6) is -2.25. The molecule has 0 aromatic carbocycles. The van der Waals surface area contributed by atoms with Gasteiger partial charge in [-0.1, -0.05) is 46.6 Å². The summed E-state index contributed by atoms with van der Waals surface area (Å²) in [5.41, 5.74) is 0.237. The van der Waals surface area contributed by atoms with Crippen LogP contribution in [0.15, 0.2) is 12.2 Å². The Labute approximate surface area is 238 Å². The second-order valence-corrected chi connectivity index (χ2v) is 11.8. The number of ether oxygens (including phenoxy) is 6. The van der Waals surface area contributed by atoms with Gasteiger partial charge in [0.15, 0.2) is 0 Å². The van der Waals surface area contributed by atoms with Crippen molar-refractivity contribution in [3.63, 3.8) is 0 Å². The predicted octanol–water partition coefficient (Wildman–Crippen LogP) is 5.27. The van der Waals surface area contributed by atoms with Crippen LogP contribution in [0.1, 0.15) is 79.6 Å². The van der Waals surface area contributed by atoms with Crippen molar-refractivity contribution in [3.05, 3.63) is 12.2 Å². The second kappa shape index (κ2) is 24.9. The highest BCUT2D eigenvalue weighted by Crippen LogP contribution is 2.29. The van der Waals surface area contributed by atoms with Gasteiger partial charge in [-0.25, -0.2) is 4.79 Å². The summed E-state index contributed by atoms with van der Waals surface area (Å²) in [6.07, 6.45) is 6.26. The van der Waals surface area contributed by atoms with E-state index < -0.39 is 20.7 Å². The van der Waals surface area contributed by atoms with Gasteiger partial charge in [-0.15, -0.1) is 0 Å². The largest absolute Gasteiger partial charge is 0.501 e. The summed E-state index contributed by atoms with van der Waals surface area (Å²) in [4.78, 5) is 12.4. The Balaban J connectivity index is 5.64. The van der Waals surface area contributed by atoms with Crippen LogP contribution >= 0.6 is 0 Å². The van der Waals surface area contributed by atoms with Gasteiger partial charge in [0, 0.05) is 45.0 Å². The number of esters is 1. The van der Waals surface area contributed by atoms with Gasteiger partial charge in [0.05, 0.1) is 46.2 Å². The van der Waals surface area contributed by atoms with E-state index in [1.165, 1.54) is 7.11 Å². The molecule has 11 heteroatoms. The number of rotatable bonds is 29. The van der Waals surface area contributed by atoms with E-state index in [-0.39, 0.29) is 24.6 Å². The molecule has 0 aliphatic heterocycles. The van der Waals surface area contributed by atoms with Gasteiger partial charge >= 0.3 is 20.7 Å². The van der Waals surface area contributed by atoms with E-state index in [0.717, 1.165) is 38.5 Å². The van der Waals surface area contributed by atoms with Crippen LogP contribution in [0, 0.1) is 0 Å². The SMILES string of the molecule is C=C(C)C(=O)OC(CC[Si](OCCOCCCC)(OCCOCCCC)OCCOCCCC)(OC)OCC. The van der Waals surface area contributed by atoms with Gasteiger partial charge in [-0.05, 0) is 33.1 Å². The van der Waals surface area contributed by atoms with Crippen LogP contribution in [0.25, 0.3) is 0 Å². The molecule has 0 amide bonds. The standard InChI is InChI=1S/C28H56O10Si/c1-8-12-16-31-19-22-35-39(36-23-20-32-17-13-9-2,37-24-21-33-18-14-10-3)25-15-28(30-7,34-11-4)38-27(29)26(5)6/h5,8-25H2,1-4,6-7H3. The highest BCUT2D eigenvalue weighted by atomic mass is 28.4. The molecule has 1 atom stereocenters. The van der Waals surface area contributed by atoms with E-state index in [2.05, 4.69) is 27.4 Å². The molecular formula is C28H56O10Si. The topological polar surface area (TPSA) is 100 Å². The fraction of sp³-hybridized carbons (Fsp3) is 0.893. The predicted molar refractivity (Wildman–Crippen MR) is 152 cm³/mol. The Morgan fingerprint density at radius 2 is 1.15 bits per heavy atom. The number of carbonyl (C=O) groups excluding carboxylic acids is 1. The molecule has 39 heavy (non-hydrogen) atoms. The van der Waals surface area contributed by atoms with Gasteiger partial charge in [-0.2, -0.15) is 0 Å². The van der Waals surface area contributed by atoms with Crippen LogP contribution in [0.2, 0.25) is 6.04 Å². The van der Waals surface area contributed by atoms with Crippen molar-refractivity contribution in [2.45, 2.75) is 91.6 Å². The first-order chi connectivity index (χ1) is 18.8. The summed E-state index contributed by atoms with van der Waals surface area (Å²) < 4.78 is 53.0. The monoisotopic (exact) mass is 580 g/mol. The molecule has 0 spiro atoms. The van der Waals surface area contributed by atoms with Crippen LogP contribution in [-0.2, 0) is 46.5 Å². The maximum Gasteiger partial charge on any atom is 0.501 e. The number of unbranched alkanes of at least 4 members (excludes halogenated alkanes) is 3. The van der Waals surface area contributed by atoms with Crippen molar-refractivity contribution < 1.29 is 46.5 Å². The highest BCUT2D eigenvalue weighted by molar-refractivity contribution is 6.60. The molecule has 0 heterocycles. The summed E-state index contributed by atoms with van der Waals surface area (Å²) in [6, 6.07) is 0.267. The average molecular weight is 581 g/mol. The molecule has 0 aliphatic rings. The molecule has 0 saturated carbocycles. The van der Waals surface area contributed by atoms with Crippen LogP contribution in [-0.4, -0.2) is 93.9 Å². The number of carbonyl (C=O) groups is 1. The third-order valence-electron chi connectivity index (χ3n) is 5.58. The molecule has 232 valence electrons. The molecular weight excluding hydrogens is 524 g/mol. The number of hydrogen-bond acceptors (Lipinski definition) is 10. The van der Waals surface area contributed by atoms with Gasteiger partial charge in [0.1, 0.15) is 0 Å². The lowest BCUT2D eigenvalue weighted by atomic mass is 10.3. The van der Waals surface area contributed by atoms with Crippen molar-refractivity contribution in [1.82, 2.24) is 0 Å². The maximum absolute atomic E-state index is 12.4. The maximum atomic E-state index is 12.4. The van der Waals surface area contributed by atoms with E-state index in [9.17, 15) is 4.79 Å². The van der Waals surface area contributed by atoms with Crippen molar-refractivity contribution in [3.8, 4) is 0 Å². The number of hydrogen-bond donors (Lipinski definition) is 0. The first kappa shape index (κ1) is 38.1. The molecule has 0 saturated heterocycles. The molecule has 0 aromatic heterocycles. The van der Waals surface area contributed by atoms with Crippen LogP contribution < -0.4 is 0 Å². The summed E-state index contributed by atoms with van der Waals surface area (Å²) in [7, 11) is -1.92. The molecule has 0 aliphatic carbocycles. The first-order valence-electron chi connectivity index (χ1n) is 14.6. The minimum Gasteiger partial charge on any atom is -0.404 e. The molecule has 0 rings (SSSR count). The quantitative estimate of drug-likeness (QED) is 0.0382. The van der Waals surface area contributed by atoms with Gasteiger partial charge in [0.2, 0.25) is 0 Å². The second-order valence-electron chi connectivity index (χ2n) is 9.12. The lowest BCUT2D eigenvalue weighted by Gasteiger charge is -2.35. The Morgan fingerprint density at radius 1 is 0.718 bits per heavy atom. The summed E-state index contributed by atoms with van der Waals surface area (Å²) >= 11 is 0. The molecule has 0 aromatic rings. The van der Waals surface area contributed by atoms with Crippen LogP contribution in [0.3, 0.4) is 0 Å². The van der Waals surface area contributed by atoms with Crippen LogP contribution in [0.5, 0.6) is 0 Å². The lowest BCUT2D eigenvalue weighted by molar-refractivity contribution is -0.352. The lowest BCUT2D eigenvalue weighted by Crippen LogP contribution is -2.51. The molecule has 0 fully saturated rings. The van der Waals surface area contributed by atoms with E-state index in [4.69, 9.17) is 41.7 Å². The Hall–Kier alpha value is -0.893. The Bertz CT molecular complexity index is 566. The summed E-state index contributed by atoms with van der Waals surface area (Å²) in [6.45, 7) is 17.8. The van der Waals surface area contributed by atoms with E-state index in [1.54, 1.807) is 13.8 Å². The van der Waals surface area contributed by atoms with Gasteiger partial charge in [-0.3, -0.25) is 0 Å². The molecule has 0 radical (unpaired) electrons. The zero-order valence-corrected chi connectivity index (χ0v) is 26.5. The van der Waals surface area contributed by atoms with Crippen molar-refractivity contribution >= 4 is 14.8 Å². The highest BCUT2D eigenvalue weighted by Gasteiger charge is 2.47. The molecule has 0 bridgehead atoms. The summed E-state index contributed by atoms with van der Waals surface area (Å²) in [5, 5.41) is 0. The van der Waals surface area contributed by atoms with Gasteiger partial charge in [0.25, 0.3) is 0 Å². The minimum absolute atomic E-state index is 0.132. The minimum atomic E-state index is -3.35. The first-order valence-corrected chi connectivity index (χ1v) is 16.5. The van der Waals surface area contributed by atoms with Crippen LogP contribution in [0.4, 0.5) is 0 Å². The zero-order valence-electron chi connectivity index (χ0n) is 25.5. The molecule has 0 N–H and O–H groups in total. The molecule has 1 unspecified atom stereocenters. The zero-order chi connectivity index (χ0) is 29.2. The number of methoxy groups -OCH3 is 1. The van der Waals surface area contributed by atoms with E-state index in [0.29, 0.717) is 59.5 Å². The van der Waals surface area contributed by atoms with E-state index in [1.807, 2.05) is 0 Å². The van der Waals surface area contributed by atoms with Crippen molar-refractivity contribution in [2.24, 2.45) is 0 Å². The van der Waals surface area contributed by atoms with E-state index >= 15 is 0 Å². The molecule has 10 nitrogen and oxygen atoms in total. The smallest absolute Gasteiger partial charge is 0.404 e. The van der Waals surface area contributed by atoms with Crippen molar-refractivity contribution in [1.29, 1.82) is 0 Å².